The van der Waals surface area contributed by atoms with Crippen molar-refractivity contribution in [2.45, 2.75) is 0 Å². The van der Waals surface area contributed by atoms with Crippen LogP contribution < -0.4 is 9.47 Å². The molecule has 23 heavy (non-hydrogen) atoms. The number of ether oxygens (including phenoxy) is 3. The van der Waals surface area contributed by atoms with E-state index in [2.05, 4.69) is 4.74 Å². The molecule has 0 N–H and O–H groups in total. The molecule has 1 aliphatic rings. The Hall–Kier alpha value is -2.06. The molecule has 0 bridgehead atoms. The average Bonchev–Trinajstić information content (AvgIpc) is 2.82. The number of hydrogen-bond donors (Lipinski definition) is 0. The Morgan fingerprint density at radius 3 is 2.65 bits per heavy atom. The molecule has 0 radical (unpaired) electrons. The van der Waals surface area contributed by atoms with E-state index in [0.717, 1.165) is 11.8 Å². The van der Waals surface area contributed by atoms with Crippen molar-refractivity contribution >= 4 is 46.3 Å². The quantitative estimate of drug-likeness (QED) is 0.456. The van der Waals surface area contributed by atoms with Gasteiger partial charge in [0, 0.05) is 5.56 Å². The Labute approximate surface area is 143 Å². The van der Waals surface area contributed by atoms with Crippen LogP contribution in [0.25, 0.3) is 6.08 Å². The van der Waals surface area contributed by atoms with Gasteiger partial charge >= 0.3 is 5.97 Å². The average molecular weight is 353 g/mol. The van der Waals surface area contributed by atoms with E-state index < -0.39 is 5.97 Å². The summed E-state index contributed by atoms with van der Waals surface area (Å²) in [6.45, 7) is -0.201. The molecule has 0 spiro atoms. The summed E-state index contributed by atoms with van der Waals surface area (Å²) in [6, 6.07) is 5.27. The first kappa shape index (κ1) is 17.3. The molecule has 122 valence electrons. The molecule has 0 aromatic heterocycles. The second-order valence-corrected chi connectivity index (χ2v) is 6.13. The summed E-state index contributed by atoms with van der Waals surface area (Å²) >= 11 is 6.28. The monoisotopic (exact) mass is 353 g/mol. The van der Waals surface area contributed by atoms with Crippen molar-refractivity contribution in [1.29, 1.82) is 0 Å². The summed E-state index contributed by atoms with van der Waals surface area (Å²) in [5.74, 6) is 0.378. The van der Waals surface area contributed by atoms with Gasteiger partial charge in [0.15, 0.2) is 0 Å². The predicted octanol–water partition coefficient (Wildman–Crippen LogP) is 2.08. The molecule has 1 aromatic carbocycles. The number of carbonyl (C=O) groups is 2. The van der Waals surface area contributed by atoms with Crippen LogP contribution in [0.15, 0.2) is 23.1 Å². The zero-order valence-electron chi connectivity index (χ0n) is 12.8. The van der Waals surface area contributed by atoms with Crippen LogP contribution in [-0.4, -0.2) is 49.0 Å². The summed E-state index contributed by atoms with van der Waals surface area (Å²) in [6.07, 6.45) is 1.66. The molecule has 1 heterocycles. The van der Waals surface area contributed by atoms with Gasteiger partial charge in [0.1, 0.15) is 22.4 Å². The Balaban J connectivity index is 2.32. The van der Waals surface area contributed by atoms with Gasteiger partial charge in [-0.15, -0.1) is 0 Å². The van der Waals surface area contributed by atoms with Crippen molar-refractivity contribution in [3.8, 4) is 11.5 Å². The van der Waals surface area contributed by atoms with Crippen LogP contribution in [0, 0.1) is 0 Å². The number of thiocarbonyl (C=S) groups is 1. The van der Waals surface area contributed by atoms with Crippen molar-refractivity contribution in [1.82, 2.24) is 4.90 Å². The number of esters is 1. The highest BCUT2D eigenvalue weighted by atomic mass is 32.2. The maximum atomic E-state index is 12.4. The summed E-state index contributed by atoms with van der Waals surface area (Å²) in [5.41, 5.74) is 0.686. The minimum absolute atomic E-state index is 0.201. The molecular formula is C15H15NO5S2. The first-order chi connectivity index (χ1) is 11.0. The van der Waals surface area contributed by atoms with E-state index in [1.54, 1.807) is 38.5 Å². The number of carbonyl (C=O) groups excluding carboxylic acids is 2. The highest BCUT2D eigenvalue weighted by Crippen LogP contribution is 2.35. The van der Waals surface area contributed by atoms with Gasteiger partial charge in [-0.05, 0) is 24.3 Å². The number of nitrogens with zero attached hydrogens (tertiary/aromatic N) is 1. The summed E-state index contributed by atoms with van der Waals surface area (Å²) in [4.78, 5) is 25.4. The van der Waals surface area contributed by atoms with E-state index in [1.807, 2.05) is 0 Å². The van der Waals surface area contributed by atoms with E-state index in [4.69, 9.17) is 21.7 Å². The third kappa shape index (κ3) is 3.83. The molecule has 0 unspecified atom stereocenters. The zero-order valence-corrected chi connectivity index (χ0v) is 14.5. The van der Waals surface area contributed by atoms with Crippen molar-refractivity contribution in [3.05, 3.63) is 28.7 Å². The van der Waals surface area contributed by atoms with Gasteiger partial charge in [-0.3, -0.25) is 14.5 Å². The number of hydrogen-bond acceptors (Lipinski definition) is 7. The van der Waals surface area contributed by atoms with Crippen molar-refractivity contribution in [3.63, 3.8) is 0 Å². The second kappa shape index (κ2) is 7.47. The summed E-state index contributed by atoms with van der Waals surface area (Å²) in [7, 11) is 4.36. The summed E-state index contributed by atoms with van der Waals surface area (Å²) in [5, 5.41) is 0. The van der Waals surface area contributed by atoms with Gasteiger partial charge in [0.2, 0.25) is 0 Å². The highest BCUT2D eigenvalue weighted by molar-refractivity contribution is 8.26. The first-order valence-corrected chi connectivity index (χ1v) is 7.76. The number of amides is 1. The smallest absolute Gasteiger partial charge is 0.325 e. The SMILES string of the molecule is COC(=O)CN1C(=O)C(=Cc2cc(OC)ccc2OC)SC1=S. The lowest BCUT2D eigenvalue weighted by atomic mass is 10.1. The Bertz CT molecular complexity index is 686. The van der Waals surface area contributed by atoms with Crippen LogP contribution in [0.4, 0.5) is 0 Å². The maximum Gasteiger partial charge on any atom is 0.325 e. The molecule has 1 aromatic rings. The van der Waals surface area contributed by atoms with Crippen LogP contribution in [0.2, 0.25) is 0 Å². The van der Waals surface area contributed by atoms with Crippen LogP contribution in [0.3, 0.4) is 0 Å². The van der Waals surface area contributed by atoms with Crippen molar-refractivity contribution in [2.24, 2.45) is 0 Å². The lowest BCUT2D eigenvalue weighted by Crippen LogP contribution is -2.33. The molecule has 1 saturated heterocycles. The Morgan fingerprint density at radius 1 is 1.30 bits per heavy atom. The Kier molecular flexibility index (Phi) is 5.62. The van der Waals surface area contributed by atoms with Crippen LogP contribution >= 0.6 is 24.0 Å². The van der Waals surface area contributed by atoms with Crippen molar-refractivity contribution in [2.75, 3.05) is 27.9 Å². The van der Waals surface area contributed by atoms with Crippen LogP contribution in [-0.2, 0) is 14.3 Å². The van der Waals surface area contributed by atoms with Crippen molar-refractivity contribution < 1.29 is 23.8 Å². The van der Waals surface area contributed by atoms with Gasteiger partial charge in [0.05, 0.1) is 26.2 Å². The third-order valence-electron chi connectivity index (χ3n) is 3.11. The molecular weight excluding hydrogens is 338 g/mol. The molecule has 0 aliphatic carbocycles. The standard InChI is InChI=1S/C15H15NO5S2/c1-19-10-4-5-11(20-2)9(6-10)7-12-14(18)16(15(22)23-12)8-13(17)21-3/h4-7H,8H2,1-3H3. The molecule has 1 aliphatic heterocycles. The Morgan fingerprint density at radius 2 is 2.04 bits per heavy atom. The lowest BCUT2D eigenvalue weighted by Gasteiger charge is -2.12. The fourth-order valence-corrected chi connectivity index (χ4v) is 3.17. The van der Waals surface area contributed by atoms with Gasteiger partial charge in [0.25, 0.3) is 5.91 Å². The molecule has 1 fully saturated rings. The first-order valence-electron chi connectivity index (χ1n) is 6.54. The van der Waals surface area contributed by atoms with Gasteiger partial charge in [-0.1, -0.05) is 24.0 Å². The molecule has 1 amide bonds. The molecule has 8 heteroatoms. The van der Waals surface area contributed by atoms with Crippen LogP contribution in [0.1, 0.15) is 5.56 Å². The highest BCUT2D eigenvalue weighted by Gasteiger charge is 2.33. The largest absolute Gasteiger partial charge is 0.497 e. The molecule has 6 nitrogen and oxygen atoms in total. The van der Waals surface area contributed by atoms with Crippen LogP contribution in [0.5, 0.6) is 11.5 Å². The second-order valence-electron chi connectivity index (χ2n) is 4.45. The maximum absolute atomic E-state index is 12.4. The number of thioether (sulfide) groups is 1. The number of methoxy groups -OCH3 is 3. The number of benzene rings is 1. The van der Waals surface area contributed by atoms with E-state index in [1.165, 1.54) is 12.0 Å². The van der Waals surface area contributed by atoms with E-state index in [-0.39, 0.29) is 12.5 Å². The lowest BCUT2D eigenvalue weighted by molar-refractivity contribution is -0.143. The fourth-order valence-electron chi connectivity index (χ4n) is 1.92. The normalized spacial score (nSPS) is 16.0. The van der Waals surface area contributed by atoms with Gasteiger partial charge < -0.3 is 14.2 Å². The van der Waals surface area contributed by atoms with Gasteiger partial charge in [-0.2, -0.15) is 0 Å². The molecule has 0 atom stereocenters. The predicted molar refractivity (Wildman–Crippen MR) is 91.4 cm³/mol. The van der Waals surface area contributed by atoms with Gasteiger partial charge in [-0.25, -0.2) is 0 Å². The minimum Gasteiger partial charge on any atom is -0.497 e. The number of rotatable bonds is 5. The van der Waals surface area contributed by atoms with E-state index in [9.17, 15) is 9.59 Å². The summed E-state index contributed by atoms with van der Waals surface area (Å²) < 4.78 is 15.4. The minimum atomic E-state index is -0.526. The fraction of sp³-hybridized carbons (Fsp3) is 0.267. The third-order valence-corrected chi connectivity index (χ3v) is 4.49. The van der Waals surface area contributed by atoms with E-state index >= 15 is 0 Å². The van der Waals surface area contributed by atoms with E-state index in [0.29, 0.717) is 26.3 Å². The molecule has 0 saturated carbocycles. The molecule has 2 rings (SSSR count). The zero-order chi connectivity index (χ0) is 17.0. The topological polar surface area (TPSA) is 65.1 Å².